The molecular formula is C21H21ClN2. The molecule has 2 atom stereocenters. The van der Waals surface area contributed by atoms with Crippen LogP contribution in [0.15, 0.2) is 91.0 Å². The van der Waals surface area contributed by atoms with Crippen molar-refractivity contribution in [2.45, 2.75) is 18.2 Å². The van der Waals surface area contributed by atoms with Crippen LogP contribution in [0.2, 0.25) is 0 Å². The normalized spacial score (nSPS) is 22.8. The van der Waals surface area contributed by atoms with Crippen LogP contribution < -0.4 is 10.6 Å². The fraction of sp³-hybridized carbons (Fsp3) is 0.143. The average molecular weight is 337 g/mol. The van der Waals surface area contributed by atoms with Crippen LogP contribution in [0.5, 0.6) is 0 Å². The van der Waals surface area contributed by atoms with E-state index in [1.54, 1.807) is 0 Å². The molecule has 1 aliphatic rings. The molecule has 0 aromatic heterocycles. The van der Waals surface area contributed by atoms with Crippen molar-refractivity contribution in [2.75, 3.05) is 0 Å². The van der Waals surface area contributed by atoms with E-state index in [9.17, 15) is 0 Å². The molecule has 0 bridgehead atoms. The van der Waals surface area contributed by atoms with Gasteiger partial charge in [-0.3, -0.25) is 10.6 Å². The zero-order valence-corrected chi connectivity index (χ0v) is 14.1. The SMILES string of the molecule is Cl.c1ccc(C2NC(c3ccccc3)C(c3ccccc3)N2)cc1. The standard InChI is InChI=1S/C21H20N2.ClH/c1-4-10-16(11-5-1)19-20(17-12-6-2-7-13-17)23-21(22-19)18-14-8-3-9-15-18;/h1-15,19-23H;1H. The van der Waals surface area contributed by atoms with E-state index in [1.807, 2.05) is 0 Å². The summed E-state index contributed by atoms with van der Waals surface area (Å²) >= 11 is 0. The third-order valence-electron chi connectivity index (χ3n) is 4.48. The molecule has 24 heavy (non-hydrogen) atoms. The molecule has 2 N–H and O–H groups in total. The maximum Gasteiger partial charge on any atom is 0.0846 e. The summed E-state index contributed by atoms with van der Waals surface area (Å²) in [7, 11) is 0. The molecule has 3 heteroatoms. The van der Waals surface area contributed by atoms with Crippen LogP contribution >= 0.6 is 12.4 Å². The van der Waals surface area contributed by atoms with Gasteiger partial charge >= 0.3 is 0 Å². The number of hydrogen-bond acceptors (Lipinski definition) is 2. The summed E-state index contributed by atoms with van der Waals surface area (Å²) in [6, 6.07) is 32.4. The fourth-order valence-corrected chi connectivity index (χ4v) is 3.34. The number of benzene rings is 3. The van der Waals surface area contributed by atoms with Crippen molar-refractivity contribution in [3.8, 4) is 0 Å². The summed E-state index contributed by atoms with van der Waals surface area (Å²) < 4.78 is 0. The number of rotatable bonds is 3. The first-order valence-electron chi connectivity index (χ1n) is 8.09. The van der Waals surface area contributed by atoms with Crippen LogP contribution in [-0.4, -0.2) is 0 Å². The van der Waals surface area contributed by atoms with E-state index >= 15 is 0 Å². The van der Waals surface area contributed by atoms with Gasteiger partial charge in [-0.2, -0.15) is 0 Å². The lowest BCUT2D eigenvalue weighted by Crippen LogP contribution is -2.22. The summed E-state index contributed by atoms with van der Waals surface area (Å²) in [5, 5.41) is 7.52. The highest BCUT2D eigenvalue weighted by atomic mass is 35.5. The van der Waals surface area contributed by atoms with Crippen molar-refractivity contribution in [3.05, 3.63) is 108 Å². The maximum atomic E-state index is 3.76. The molecular weight excluding hydrogens is 316 g/mol. The minimum Gasteiger partial charge on any atom is -0.289 e. The molecule has 3 aromatic carbocycles. The molecule has 0 saturated carbocycles. The molecule has 122 valence electrons. The number of nitrogens with one attached hydrogen (secondary N) is 2. The molecule has 4 rings (SSSR count). The van der Waals surface area contributed by atoms with E-state index in [1.165, 1.54) is 16.7 Å². The highest BCUT2D eigenvalue weighted by molar-refractivity contribution is 5.85. The van der Waals surface area contributed by atoms with Gasteiger partial charge in [0.15, 0.2) is 0 Å². The lowest BCUT2D eigenvalue weighted by molar-refractivity contribution is 0.554. The van der Waals surface area contributed by atoms with Gasteiger partial charge < -0.3 is 0 Å². The Morgan fingerprint density at radius 3 is 1.17 bits per heavy atom. The molecule has 1 aliphatic heterocycles. The van der Waals surface area contributed by atoms with Crippen LogP contribution in [0.25, 0.3) is 0 Å². The molecule has 2 nitrogen and oxygen atoms in total. The summed E-state index contributed by atoms with van der Waals surface area (Å²) in [6.45, 7) is 0. The van der Waals surface area contributed by atoms with E-state index in [0.29, 0.717) is 0 Å². The van der Waals surface area contributed by atoms with Crippen molar-refractivity contribution in [2.24, 2.45) is 0 Å². The number of halogens is 1. The van der Waals surface area contributed by atoms with Gasteiger partial charge in [0.1, 0.15) is 0 Å². The van der Waals surface area contributed by atoms with Gasteiger partial charge in [0.25, 0.3) is 0 Å². The first-order valence-corrected chi connectivity index (χ1v) is 8.09. The minimum atomic E-state index is 0. The van der Waals surface area contributed by atoms with Crippen LogP contribution in [0, 0.1) is 0 Å². The summed E-state index contributed by atoms with van der Waals surface area (Å²) in [5.74, 6) is 0. The lowest BCUT2D eigenvalue weighted by Gasteiger charge is -2.19. The Bertz CT molecular complexity index is 699. The summed E-state index contributed by atoms with van der Waals surface area (Å²) in [6.07, 6.45) is 0.159. The van der Waals surface area contributed by atoms with Crippen molar-refractivity contribution in [1.29, 1.82) is 0 Å². The highest BCUT2D eigenvalue weighted by Gasteiger charge is 2.35. The van der Waals surface area contributed by atoms with Crippen LogP contribution in [0.1, 0.15) is 34.9 Å². The van der Waals surface area contributed by atoms with Gasteiger partial charge in [-0.25, -0.2) is 0 Å². The smallest absolute Gasteiger partial charge is 0.0846 e. The zero-order valence-electron chi connectivity index (χ0n) is 13.3. The first kappa shape index (κ1) is 16.7. The molecule has 1 heterocycles. The predicted molar refractivity (Wildman–Crippen MR) is 101 cm³/mol. The van der Waals surface area contributed by atoms with Gasteiger partial charge in [-0.05, 0) is 16.7 Å². The van der Waals surface area contributed by atoms with Gasteiger partial charge in [-0.15, -0.1) is 12.4 Å². The van der Waals surface area contributed by atoms with Crippen molar-refractivity contribution in [3.63, 3.8) is 0 Å². The van der Waals surface area contributed by atoms with E-state index in [2.05, 4.69) is 102 Å². The molecule has 2 unspecified atom stereocenters. The molecule has 0 amide bonds. The van der Waals surface area contributed by atoms with Gasteiger partial charge in [0.05, 0.1) is 18.2 Å². The zero-order chi connectivity index (χ0) is 15.5. The molecule has 1 saturated heterocycles. The fourth-order valence-electron chi connectivity index (χ4n) is 3.34. The molecule has 1 fully saturated rings. The number of hydrogen-bond donors (Lipinski definition) is 2. The minimum absolute atomic E-state index is 0. The summed E-state index contributed by atoms with van der Waals surface area (Å²) in [5.41, 5.74) is 3.89. The van der Waals surface area contributed by atoms with E-state index < -0.39 is 0 Å². The largest absolute Gasteiger partial charge is 0.289 e. The Morgan fingerprint density at radius 2 is 0.792 bits per heavy atom. The second-order valence-electron chi connectivity index (χ2n) is 5.95. The first-order chi connectivity index (χ1) is 11.4. The van der Waals surface area contributed by atoms with Crippen molar-refractivity contribution >= 4 is 12.4 Å². The Labute approximate surface area is 149 Å². The lowest BCUT2D eigenvalue weighted by atomic mass is 9.95. The van der Waals surface area contributed by atoms with Crippen LogP contribution in [0.3, 0.4) is 0 Å². The van der Waals surface area contributed by atoms with E-state index in [-0.39, 0.29) is 30.7 Å². The monoisotopic (exact) mass is 336 g/mol. The quantitative estimate of drug-likeness (QED) is 0.719. The molecule has 0 aliphatic carbocycles. The Hall–Kier alpha value is -2.13. The van der Waals surface area contributed by atoms with Gasteiger partial charge in [0.2, 0.25) is 0 Å². The van der Waals surface area contributed by atoms with Crippen molar-refractivity contribution in [1.82, 2.24) is 10.6 Å². The van der Waals surface area contributed by atoms with E-state index in [4.69, 9.17) is 0 Å². The average Bonchev–Trinajstić information content (AvgIpc) is 3.09. The van der Waals surface area contributed by atoms with E-state index in [0.717, 1.165) is 0 Å². The maximum absolute atomic E-state index is 3.76. The molecule has 3 aromatic rings. The van der Waals surface area contributed by atoms with Gasteiger partial charge in [-0.1, -0.05) is 91.0 Å². The Morgan fingerprint density at radius 1 is 0.458 bits per heavy atom. The predicted octanol–water partition coefficient (Wildman–Crippen LogP) is 4.78. The van der Waals surface area contributed by atoms with Gasteiger partial charge in [0, 0.05) is 0 Å². The second-order valence-corrected chi connectivity index (χ2v) is 5.95. The topological polar surface area (TPSA) is 24.1 Å². The summed E-state index contributed by atoms with van der Waals surface area (Å²) in [4.78, 5) is 0. The second kappa shape index (κ2) is 7.63. The van der Waals surface area contributed by atoms with Crippen LogP contribution in [0.4, 0.5) is 0 Å². The molecule has 0 spiro atoms. The van der Waals surface area contributed by atoms with Crippen LogP contribution in [-0.2, 0) is 0 Å². The Kier molecular flexibility index (Phi) is 5.31. The van der Waals surface area contributed by atoms with Crippen molar-refractivity contribution < 1.29 is 0 Å². The third kappa shape index (κ3) is 3.36. The third-order valence-corrected chi connectivity index (χ3v) is 4.48. The Balaban J connectivity index is 0.00000169. The molecule has 0 radical (unpaired) electrons. The highest BCUT2D eigenvalue weighted by Crippen LogP contribution is 2.37.